The summed E-state index contributed by atoms with van der Waals surface area (Å²) in [7, 11) is 1.32. The zero-order valence-electron chi connectivity index (χ0n) is 19.8. The van der Waals surface area contributed by atoms with E-state index in [1.165, 1.54) is 31.4 Å². The Labute approximate surface area is 213 Å². The number of fused-ring (bicyclic) bond motifs is 1. The van der Waals surface area contributed by atoms with Gasteiger partial charge in [0.15, 0.2) is 0 Å². The molecule has 0 aliphatic rings. The van der Waals surface area contributed by atoms with Gasteiger partial charge in [-0.05, 0) is 42.0 Å². The normalized spacial score (nSPS) is 11.7. The summed E-state index contributed by atoms with van der Waals surface area (Å²) in [6, 6.07) is 11.0. The Morgan fingerprint density at radius 2 is 1.84 bits per heavy atom. The number of nitro benzene ring substituents is 1. The first kappa shape index (κ1) is 25.6. The molecule has 0 amide bonds. The number of aliphatic carboxylic acids is 2. The number of nitrogens with one attached hydrogen (secondary N) is 2. The molecule has 13 nitrogen and oxygen atoms in total. The third kappa shape index (κ3) is 4.80. The van der Waals surface area contributed by atoms with Gasteiger partial charge in [0, 0.05) is 28.8 Å². The molecular weight excluding hydrogens is 498 g/mol. The SMILES string of the molecule is COc1ccc([N+](=O)[O-])cc1-c1cc(C(CC(=O)O)C(=O)O)cc(-c2nc3ccc(C(=N)N)cc3[nH]2)c1O. The van der Waals surface area contributed by atoms with Crippen LogP contribution in [-0.4, -0.2) is 55.1 Å². The molecule has 0 aliphatic carbocycles. The van der Waals surface area contributed by atoms with Crippen LogP contribution in [0.25, 0.3) is 33.5 Å². The number of hydrogen-bond acceptors (Lipinski definition) is 8. The van der Waals surface area contributed by atoms with Crippen molar-refractivity contribution >= 4 is 34.5 Å². The Balaban J connectivity index is 2.03. The van der Waals surface area contributed by atoms with E-state index in [-0.39, 0.29) is 45.4 Å². The number of benzene rings is 3. The number of aromatic nitrogens is 2. The largest absolute Gasteiger partial charge is 0.507 e. The van der Waals surface area contributed by atoms with Crippen molar-refractivity contribution in [3.63, 3.8) is 0 Å². The van der Waals surface area contributed by atoms with Crippen molar-refractivity contribution in [3.8, 4) is 34.0 Å². The zero-order valence-corrected chi connectivity index (χ0v) is 19.8. The molecule has 3 aromatic carbocycles. The highest BCUT2D eigenvalue weighted by atomic mass is 16.6. The molecule has 1 atom stereocenters. The third-order valence-electron chi connectivity index (χ3n) is 5.94. The number of phenols is 1. The van der Waals surface area contributed by atoms with Gasteiger partial charge in [-0.2, -0.15) is 0 Å². The van der Waals surface area contributed by atoms with Crippen LogP contribution in [0.5, 0.6) is 11.5 Å². The van der Waals surface area contributed by atoms with Crippen LogP contribution in [0.2, 0.25) is 0 Å². The van der Waals surface area contributed by atoms with Crippen molar-refractivity contribution in [2.45, 2.75) is 12.3 Å². The number of amidine groups is 1. The van der Waals surface area contributed by atoms with Gasteiger partial charge in [-0.1, -0.05) is 0 Å². The lowest BCUT2D eigenvalue weighted by molar-refractivity contribution is -0.384. The number of nitro groups is 1. The summed E-state index contributed by atoms with van der Waals surface area (Å²) in [4.78, 5) is 41.7. The Kier molecular flexibility index (Phi) is 6.67. The van der Waals surface area contributed by atoms with Crippen LogP contribution in [0, 0.1) is 15.5 Å². The van der Waals surface area contributed by atoms with Crippen LogP contribution >= 0.6 is 0 Å². The number of nitrogen functional groups attached to an aromatic ring is 1. The first-order chi connectivity index (χ1) is 18.0. The minimum atomic E-state index is -1.51. The maximum absolute atomic E-state index is 12.0. The number of phenolic OH excluding ortho intramolecular Hbond substituents is 1. The van der Waals surface area contributed by atoms with E-state index in [1.54, 1.807) is 18.2 Å². The Bertz CT molecular complexity index is 1630. The smallest absolute Gasteiger partial charge is 0.311 e. The van der Waals surface area contributed by atoms with Crippen molar-refractivity contribution in [2.24, 2.45) is 5.73 Å². The number of hydrogen-bond donors (Lipinski definition) is 6. The maximum atomic E-state index is 12.0. The molecule has 0 saturated carbocycles. The molecule has 4 rings (SSSR count). The van der Waals surface area contributed by atoms with Crippen LogP contribution in [0.4, 0.5) is 5.69 Å². The molecule has 1 aromatic heterocycles. The minimum absolute atomic E-state index is 0.0149. The van der Waals surface area contributed by atoms with Crippen LogP contribution < -0.4 is 10.5 Å². The predicted molar refractivity (Wildman–Crippen MR) is 135 cm³/mol. The lowest BCUT2D eigenvalue weighted by atomic mass is 9.89. The number of nitrogens with two attached hydrogens (primary N) is 1. The van der Waals surface area contributed by atoms with Gasteiger partial charge < -0.3 is 30.8 Å². The molecule has 0 fully saturated rings. The number of aromatic amines is 1. The molecule has 0 radical (unpaired) electrons. The fourth-order valence-corrected chi connectivity index (χ4v) is 4.09. The molecule has 38 heavy (non-hydrogen) atoms. The van der Waals surface area contributed by atoms with Gasteiger partial charge in [-0.3, -0.25) is 25.1 Å². The number of methoxy groups -OCH3 is 1. The maximum Gasteiger partial charge on any atom is 0.311 e. The molecule has 1 unspecified atom stereocenters. The average Bonchev–Trinajstić information content (AvgIpc) is 3.30. The minimum Gasteiger partial charge on any atom is -0.507 e. The van der Waals surface area contributed by atoms with Gasteiger partial charge in [0.25, 0.3) is 5.69 Å². The van der Waals surface area contributed by atoms with Crippen molar-refractivity contribution < 1.29 is 34.6 Å². The van der Waals surface area contributed by atoms with E-state index in [1.807, 2.05) is 0 Å². The van der Waals surface area contributed by atoms with E-state index in [4.69, 9.17) is 15.9 Å². The molecule has 4 aromatic rings. The fourth-order valence-electron chi connectivity index (χ4n) is 4.09. The lowest BCUT2D eigenvalue weighted by Gasteiger charge is -2.17. The number of carboxylic acids is 2. The van der Waals surface area contributed by atoms with Crippen molar-refractivity contribution in [2.75, 3.05) is 7.11 Å². The van der Waals surface area contributed by atoms with Gasteiger partial charge in [0.2, 0.25) is 0 Å². The number of rotatable bonds is 9. The molecule has 0 aliphatic heterocycles. The molecular formula is C25H21N5O8. The highest BCUT2D eigenvalue weighted by molar-refractivity contribution is 5.98. The van der Waals surface area contributed by atoms with Crippen LogP contribution in [0.1, 0.15) is 23.5 Å². The second kappa shape index (κ2) is 9.89. The number of imidazole rings is 1. The lowest BCUT2D eigenvalue weighted by Crippen LogP contribution is -2.16. The van der Waals surface area contributed by atoms with Gasteiger partial charge in [0.1, 0.15) is 23.2 Å². The number of nitrogens with zero attached hydrogens (tertiary/aromatic N) is 2. The summed E-state index contributed by atoms with van der Waals surface area (Å²) in [5, 5.41) is 49.5. The average molecular weight is 519 g/mol. The Morgan fingerprint density at radius 1 is 1.13 bits per heavy atom. The molecule has 13 heteroatoms. The van der Waals surface area contributed by atoms with Crippen LogP contribution in [0.3, 0.4) is 0 Å². The van der Waals surface area contributed by atoms with Gasteiger partial charge in [-0.15, -0.1) is 0 Å². The summed E-state index contributed by atoms with van der Waals surface area (Å²) in [5.41, 5.74) is 6.66. The number of H-pyrrole nitrogens is 1. The zero-order chi connectivity index (χ0) is 27.7. The third-order valence-corrected chi connectivity index (χ3v) is 5.94. The molecule has 0 saturated heterocycles. The molecule has 194 valence electrons. The topological polar surface area (TPSA) is 226 Å². The van der Waals surface area contributed by atoms with E-state index >= 15 is 0 Å². The molecule has 0 bridgehead atoms. The summed E-state index contributed by atoms with van der Waals surface area (Å²) in [5.74, 6) is -4.62. The first-order valence-electron chi connectivity index (χ1n) is 11.0. The highest BCUT2D eigenvalue weighted by Crippen LogP contribution is 2.45. The number of aromatic hydroxyl groups is 1. The number of non-ortho nitro benzene ring substituents is 1. The van der Waals surface area contributed by atoms with Gasteiger partial charge >= 0.3 is 11.9 Å². The fraction of sp³-hybridized carbons (Fsp3) is 0.120. The number of carbonyl (C=O) groups is 2. The highest BCUT2D eigenvalue weighted by Gasteiger charge is 2.28. The monoisotopic (exact) mass is 519 g/mol. The van der Waals surface area contributed by atoms with Crippen molar-refractivity contribution in [1.29, 1.82) is 5.41 Å². The van der Waals surface area contributed by atoms with Crippen molar-refractivity contribution in [1.82, 2.24) is 9.97 Å². The van der Waals surface area contributed by atoms with E-state index in [0.717, 1.165) is 6.07 Å². The summed E-state index contributed by atoms with van der Waals surface area (Å²) in [6.07, 6.45) is -0.757. The predicted octanol–water partition coefficient (Wildman–Crippen LogP) is 3.45. The molecule has 0 spiro atoms. The van der Waals surface area contributed by atoms with Crippen LogP contribution in [0.15, 0.2) is 48.5 Å². The molecule has 1 heterocycles. The second-order valence-electron chi connectivity index (χ2n) is 8.33. The van der Waals surface area contributed by atoms with E-state index in [2.05, 4.69) is 9.97 Å². The van der Waals surface area contributed by atoms with Gasteiger partial charge in [0.05, 0.1) is 41.0 Å². The standard InChI is InChI=1S/C25H21N5O8/c1-38-20-5-3-13(30(36)37)9-15(20)16-6-12(14(25(34)35)10-21(31)32)7-17(22(16)33)24-28-18-4-2-11(23(26)27)8-19(18)29-24/h2-9,14,33H,10H2,1H3,(H3,26,27)(H,28,29)(H,31,32)(H,34,35). The summed E-state index contributed by atoms with van der Waals surface area (Å²) >= 11 is 0. The summed E-state index contributed by atoms with van der Waals surface area (Å²) < 4.78 is 5.33. The van der Waals surface area contributed by atoms with E-state index in [9.17, 15) is 35.0 Å². The Morgan fingerprint density at radius 3 is 2.45 bits per heavy atom. The Hall–Kier alpha value is -5.46. The second-order valence-corrected chi connectivity index (χ2v) is 8.33. The summed E-state index contributed by atoms with van der Waals surface area (Å²) in [6.45, 7) is 0. The van der Waals surface area contributed by atoms with Crippen LogP contribution in [-0.2, 0) is 9.59 Å². The molecule has 7 N–H and O–H groups in total. The van der Waals surface area contributed by atoms with E-state index in [0.29, 0.717) is 16.6 Å². The quantitative estimate of drug-likeness (QED) is 0.0816. The van der Waals surface area contributed by atoms with Gasteiger partial charge in [-0.25, -0.2) is 4.98 Å². The number of ether oxygens (including phenoxy) is 1. The number of carboxylic acid groups (broad SMARTS) is 2. The van der Waals surface area contributed by atoms with E-state index < -0.39 is 35.0 Å². The van der Waals surface area contributed by atoms with Crippen molar-refractivity contribution in [3.05, 3.63) is 69.8 Å². The first-order valence-corrected chi connectivity index (χ1v) is 11.0.